The summed E-state index contributed by atoms with van der Waals surface area (Å²) in [4.78, 5) is 28.0. The molecular formula is C11H8N2O4. The van der Waals surface area contributed by atoms with Crippen molar-refractivity contribution in [1.29, 1.82) is 0 Å². The third kappa shape index (κ3) is 2.49. The number of aromatic amines is 1. The average Bonchev–Trinajstić information content (AvgIpc) is 2.29. The van der Waals surface area contributed by atoms with Crippen LogP contribution in [0.2, 0.25) is 0 Å². The Morgan fingerprint density at radius 2 is 2.12 bits per heavy atom. The van der Waals surface area contributed by atoms with Crippen molar-refractivity contribution in [2.45, 2.75) is 0 Å². The Kier molecular flexibility index (Phi) is 2.87. The monoisotopic (exact) mass is 232 g/mol. The van der Waals surface area contributed by atoms with E-state index < -0.39 is 5.97 Å². The molecule has 1 aromatic heterocycles. The van der Waals surface area contributed by atoms with Gasteiger partial charge < -0.3 is 14.8 Å². The first-order chi connectivity index (χ1) is 8.16. The van der Waals surface area contributed by atoms with Crippen molar-refractivity contribution in [3.8, 4) is 11.6 Å². The summed E-state index contributed by atoms with van der Waals surface area (Å²) < 4.78 is 5.24. The maximum Gasteiger partial charge on any atom is 0.339 e. The van der Waals surface area contributed by atoms with Gasteiger partial charge >= 0.3 is 5.97 Å². The maximum absolute atomic E-state index is 11.0. The predicted octanol–water partition coefficient (Wildman–Crippen LogP) is 1.26. The molecule has 2 rings (SSSR count). The van der Waals surface area contributed by atoms with Gasteiger partial charge in [-0.15, -0.1) is 0 Å². The molecule has 6 nitrogen and oxygen atoms in total. The SMILES string of the molecule is O=C(O)c1ccccc1Oc1cc(=O)[nH]cn1. The number of nitrogens with zero attached hydrogens (tertiary/aromatic N) is 1. The molecule has 0 aliphatic rings. The van der Waals surface area contributed by atoms with Crippen molar-refractivity contribution in [3.05, 3.63) is 52.6 Å². The first-order valence-corrected chi connectivity index (χ1v) is 4.72. The van der Waals surface area contributed by atoms with Gasteiger partial charge in [0.15, 0.2) is 0 Å². The van der Waals surface area contributed by atoms with Crippen molar-refractivity contribution >= 4 is 5.97 Å². The Bertz CT molecular complexity index is 606. The van der Waals surface area contributed by atoms with E-state index in [0.717, 1.165) is 6.07 Å². The molecule has 0 atom stereocenters. The number of nitrogens with one attached hydrogen (secondary N) is 1. The molecule has 0 saturated carbocycles. The summed E-state index contributed by atoms with van der Waals surface area (Å²) in [5.74, 6) is -0.925. The van der Waals surface area contributed by atoms with Gasteiger partial charge in [-0.05, 0) is 12.1 Å². The molecular weight excluding hydrogens is 224 g/mol. The van der Waals surface area contributed by atoms with Crippen molar-refractivity contribution in [1.82, 2.24) is 9.97 Å². The second-order valence-electron chi connectivity index (χ2n) is 3.15. The molecule has 0 spiro atoms. The second kappa shape index (κ2) is 4.48. The number of aromatic carboxylic acids is 1. The number of carboxylic acids is 1. The van der Waals surface area contributed by atoms with Gasteiger partial charge in [-0.2, -0.15) is 0 Å². The van der Waals surface area contributed by atoms with E-state index in [1.807, 2.05) is 0 Å². The van der Waals surface area contributed by atoms with Gasteiger partial charge in [-0.25, -0.2) is 9.78 Å². The minimum atomic E-state index is -1.11. The minimum Gasteiger partial charge on any atom is -0.478 e. The number of hydrogen-bond donors (Lipinski definition) is 2. The number of hydrogen-bond acceptors (Lipinski definition) is 4. The largest absolute Gasteiger partial charge is 0.478 e. The minimum absolute atomic E-state index is 0.00887. The Morgan fingerprint density at radius 1 is 1.35 bits per heavy atom. The van der Waals surface area contributed by atoms with Crippen LogP contribution < -0.4 is 10.3 Å². The highest BCUT2D eigenvalue weighted by Gasteiger charge is 2.11. The Hall–Kier alpha value is -2.63. The lowest BCUT2D eigenvalue weighted by molar-refractivity contribution is 0.0694. The molecule has 0 radical (unpaired) electrons. The van der Waals surface area contributed by atoms with Crippen LogP contribution in [0.15, 0.2) is 41.5 Å². The smallest absolute Gasteiger partial charge is 0.339 e. The molecule has 0 aliphatic carbocycles. The van der Waals surface area contributed by atoms with E-state index in [2.05, 4.69) is 9.97 Å². The second-order valence-corrected chi connectivity index (χ2v) is 3.15. The molecule has 6 heteroatoms. The van der Waals surface area contributed by atoms with E-state index in [-0.39, 0.29) is 22.8 Å². The standard InChI is InChI=1S/C11H8N2O4/c14-9-5-10(13-6-12-9)17-8-4-2-1-3-7(8)11(15)16/h1-6H,(H,15,16)(H,12,13,14). The number of ether oxygens (including phenoxy) is 1. The highest BCUT2D eigenvalue weighted by molar-refractivity contribution is 5.90. The molecule has 17 heavy (non-hydrogen) atoms. The summed E-state index contributed by atoms with van der Waals surface area (Å²) >= 11 is 0. The van der Waals surface area contributed by atoms with Crippen molar-refractivity contribution < 1.29 is 14.6 Å². The van der Waals surface area contributed by atoms with Crippen molar-refractivity contribution in [2.75, 3.05) is 0 Å². The number of aromatic nitrogens is 2. The van der Waals surface area contributed by atoms with E-state index in [1.165, 1.54) is 18.5 Å². The number of H-pyrrole nitrogens is 1. The predicted molar refractivity (Wildman–Crippen MR) is 58.3 cm³/mol. The fraction of sp³-hybridized carbons (Fsp3) is 0. The van der Waals surface area contributed by atoms with Gasteiger partial charge in [0.25, 0.3) is 5.56 Å². The topological polar surface area (TPSA) is 92.3 Å². The molecule has 1 heterocycles. The number of benzene rings is 1. The van der Waals surface area contributed by atoms with Crippen LogP contribution in [-0.4, -0.2) is 21.0 Å². The van der Waals surface area contributed by atoms with Crippen LogP contribution in [0.5, 0.6) is 11.6 Å². The lowest BCUT2D eigenvalue weighted by atomic mass is 10.2. The number of rotatable bonds is 3. The molecule has 0 unspecified atom stereocenters. The molecule has 0 bridgehead atoms. The normalized spacial score (nSPS) is 9.88. The first kappa shape index (κ1) is 10.9. The van der Waals surface area contributed by atoms with Gasteiger partial charge in [-0.3, -0.25) is 4.79 Å². The van der Waals surface area contributed by atoms with E-state index in [1.54, 1.807) is 12.1 Å². The van der Waals surface area contributed by atoms with Crippen molar-refractivity contribution in [2.24, 2.45) is 0 Å². The quantitative estimate of drug-likeness (QED) is 0.831. The fourth-order valence-corrected chi connectivity index (χ4v) is 1.25. The van der Waals surface area contributed by atoms with Crippen LogP contribution >= 0.6 is 0 Å². The van der Waals surface area contributed by atoms with Gasteiger partial charge in [-0.1, -0.05) is 12.1 Å². The van der Waals surface area contributed by atoms with Gasteiger partial charge in [0.1, 0.15) is 11.3 Å². The molecule has 86 valence electrons. The molecule has 0 saturated heterocycles. The van der Waals surface area contributed by atoms with Crippen LogP contribution in [0, 0.1) is 0 Å². The molecule has 2 N–H and O–H groups in total. The highest BCUT2D eigenvalue weighted by atomic mass is 16.5. The Labute approximate surface area is 95.5 Å². The van der Waals surface area contributed by atoms with Gasteiger partial charge in [0, 0.05) is 0 Å². The summed E-state index contributed by atoms with van der Waals surface area (Å²) in [5.41, 5.74) is -0.364. The lowest BCUT2D eigenvalue weighted by Gasteiger charge is -2.06. The van der Waals surface area contributed by atoms with E-state index in [4.69, 9.17) is 9.84 Å². The molecule has 1 aromatic carbocycles. The molecule has 0 fully saturated rings. The van der Waals surface area contributed by atoms with E-state index in [0.29, 0.717) is 0 Å². The van der Waals surface area contributed by atoms with Gasteiger partial charge in [0.2, 0.25) is 5.88 Å². The molecule has 0 aliphatic heterocycles. The number of para-hydroxylation sites is 1. The zero-order chi connectivity index (χ0) is 12.3. The summed E-state index contributed by atoms with van der Waals surface area (Å²) in [5, 5.41) is 8.93. The third-order valence-electron chi connectivity index (χ3n) is 1.99. The molecule has 0 amide bonds. The Balaban J connectivity index is 2.36. The maximum atomic E-state index is 11.0. The highest BCUT2D eigenvalue weighted by Crippen LogP contribution is 2.22. The summed E-state index contributed by atoms with van der Waals surface area (Å²) in [6.45, 7) is 0. The fourth-order valence-electron chi connectivity index (χ4n) is 1.25. The zero-order valence-electron chi connectivity index (χ0n) is 8.58. The first-order valence-electron chi connectivity index (χ1n) is 4.72. The van der Waals surface area contributed by atoms with Crippen LogP contribution in [0.3, 0.4) is 0 Å². The lowest BCUT2D eigenvalue weighted by Crippen LogP contribution is -2.06. The van der Waals surface area contributed by atoms with E-state index >= 15 is 0 Å². The number of carbonyl (C=O) groups is 1. The average molecular weight is 232 g/mol. The number of carboxylic acid groups (broad SMARTS) is 1. The van der Waals surface area contributed by atoms with Crippen LogP contribution in [0.1, 0.15) is 10.4 Å². The van der Waals surface area contributed by atoms with Crippen LogP contribution in [-0.2, 0) is 0 Å². The third-order valence-corrected chi connectivity index (χ3v) is 1.99. The van der Waals surface area contributed by atoms with Gasteiger partial charge in [0.05, 0.1) is 12.4 Å². The Morgan fingerprint density at radius 3 is 2.82 bits per heavy atom. The van der Waals surface area contributed by atoms with Crippen LogP contribution in [0.25, 0.3) is 0 Å². The summed E-state index contributed by atoms with van der Waals surface area (Å²) in [6.07, 6.45) is 1.18. The summed E-state index contributed by atoms with van der Waals surface area (Å²) in [7, 11) is 0. The van der Waals surface area contributed by atoms with Crippen LogP contribution in [0.4, 0.5) is 0 Å². The van der Waals surface area contributed by atoms with Crippen molar-refractivity contribution in [3.63, 3.8) is 0 Å². The summed E-state index contributed by atoms with van der Waals surface area (Å²) in [6, 6.07) is 7.26. The molecule has 2 aromatic rings. The van der Waals surface area contributed by atoms with E-state index in [9.17, 15) is 9.59 Å². The zero-order valence-corrected chi connectivity index (χ0v) is 8.58.